The van der Waals surface area contributed by atoms with E-state index in [4.69, 9.17) is 0 Å². The van der Waals surface area contributed by atoms with E-state index in [-0.39, 0.29) is 19.3 Å². The molecule has 0 aliphatic heterocycles. The minimum Gasteiger partial charge on any atom is -0.170 e. The average molecular weight is 455 g/mol. The number of alkyl halides is 6. The third-order valence-electron chi connectivity index (χ3n) is 4.75. The second kappa shape index (κ2) is 23.2. The minimum atomic E-state index is -5.28. The van der Waals surface area contributed by atoms with Gasteiger partial charge in [-0.1, -0.05) is 115 Å². The zero-order valence-corrected chi connectivity index (χ0v) is 21.9. The molecule has 0 rings (SSSR count). The van der Waals surface area contributed by atoms with E-state index in [2.05, 4.69) is 0 Å². The molecule has 0 N–H and O–H groups in total. The number of hydrogen-bond acceptors (Lipinski definition) is 0. The highest BCUT2D eigenvalue weighted by Crippen LogP contribution is 2.62. The van der Waals surface area contributed by atoms with Crippen LogP contribution in [0.5, 0.6) is 0 Å². The van der Waals surface area contributed by atoms with Gasteiger partial charge in [0.1, 0.15) is 0 Å². The molecule has 0 aromatic heterocycles. The fourth-order valence-electron chi connectivity index (χ4n) is 3.53. The smallest absolute Gasteiger partial charge is 0.170 e. The molecule has 190 valence electrons. The second-order valence-corrected chi connectivity index (χ2v) is 6.16. The lowest BCUT2D eigenvalue weighted by atomic mass is 9.62. The standard InChI is InChI=1S/C16H28F6.4C2H6/c1-5-8-10-12(4)14(15(17,18)19,16(20,21)22)13(7-3)11-9-6-2;4*1-2/h12-13H,5-11H2,1-4H3;4*1-2H3. The molecule has 0 aliphatic rings. The van der Waals surface area contributed by atoms with Crippen LogP contribution >= 0.6 is 0 Å². The predicted octanol–water partition coefficient (Wildman–Crippen LogP) is 11.2. The Kier molecular flexibility index (Phi) is 31.0. The molecule has 0 saturated heterocycles. The zero-order valence-electron chi connectivity index (χ0n) is 21.9. The maximum absolute atomic E-state index is 13.7. The molecule has 0 spiro atoms. The Morgan fingerprint density at radius 3 is 1.10 bits per heavy atom. The molecule has 2 atom stereocenters. The van der Waals surface area contributed by atoms with Gasteiger partial charge in [0.2, 0.25) is 0 Å². The molecule has 6 heteroatoms. The van der Waals surface area contributed by atoms with Crippen LogP contribution in [0.4, 0.5) is 26.3 Å². The Bertz CT molecular complexity index is 294. The molecule has 0 amide bonds. The first kappa shape index (κ1) is 40.0. The Balaban J connectivity index is -0.000000231. The monoisotopic (exact) mass is 454 g/mol. The van der Waals surface area contributed by atoms with Gasteiger partial charge in [0.25, 0.3) is 0 Å². The first-order valence-corrected chi connectivity index (χ1v) is 12.1. The molecule has 0 radical (unpaired) electrons. The highest BCUT2D eigenvalue weighted by atomic mass is 19.4. The van der Waals surface area contributed by atoms with Crippen molar-refractivity contribution in [3.63, 3.8) is 0 Å². The highest BCUT2D eigenvalue weighted by molar-refractivity contribution is 5.01. The summed E-state index contributed by atoms with van der Waals surface area (Å²) in [6.45, 7) is 22.1. The Hall–Kier alpha value is -0.420. The van der Waals surface area contributed by atoms with E-state index < -0.39 is 29.6 Å². The lowest BCUT2D eigenvalue weighted by molar-refractivity contribution is -0.377. The predicted molar refractivity (Wildman–Crippen MR) is 122 cm³/mol. The highest BCUT2D eigenvalue weighted by Gasteiger charge is 2.74. The summed E-state index contributed by atoms with van der Waals surface area (Å²) in [7, 11) is 0. The summed E-state index contributed by atoms with van der Waals surface area (Å²) >= 11 is 0. The van der Waals surface area contributed by atoms with Gasteiger partial charge in [0, 0.05) is 0 Å². The van der Waals surface area contributed by atoms with Crippen LogP contribution in [0.2, 0.25) is 0 Å². The van der Waals surface area contributed by atoms with Crippen LogP contribution in [0.25, 0.3) is 0 Å². The third kappa shape index (κ3) is 12.4. The first-order chi connectivity index (χ1) is 14.0. The van der Waals surface area contributed by atoms with Gasteiger partial charge in [0.05, 0.1) is 0 Å². The van der Waals surface area contributed by atoms with Gasteiger partial charge < -0.3 is 0 Å². The molecule has 0 heterocycles. The molecule has 0 bridgehead atoms. The van der Waals surface area contributed by atoms with E-state index in [0.29, 0.717) is 25.7 Å². The van der Waals surface area contributed by atoms with Gasteiger partial charge in [-0.15, -0.1) is 0 Å². The summed E-state index contributed by atoms with van der Waals surface area (Å²) in [6, 6.07) is 0. The molecule has 0 fully saturated rings. The number of unbranched alkanes of at least 4 members (excludes halogenated alkanes) is 2. The first-order valence-electron chi connectivity index (χ1n) is 12.1. The number of hydrogen-bond donors (Lipinski definition) is 0. The summed E-state index contributed by atoms with van der Waals surface area (Å²) in [4.78, 5) is 0. The van der Waals surface area contributed by atoms with Crippen LogP contribution in [0.3, 0.4) is 0 Å². The summed E-state index contributed by atoms with van der Waals surface area (Å²) in [6.07, 6.45) is -8.85. The van der Waals surface area contributed by atoms with Crippen molar-refractivity contribution in [1.29, 1.82) is 0 Å². The number of halogens is 6. The lowest BCUT2D eigenvalue weighted by Crippen LogP contribution is -2.58. The minimum absolute atomic E-state index is 0.0392. The summed E-state index contributed by atoms with van der Waals surface area (Å²) < 4.78 is 82.2. The molecule has 0 saturated carbocycles. The van der Waals surface area contributed by atoms with Crippen molar-refractivity contribution in [2.45, 2.75) is 140 Å². The largest absolute Gasteiger partial charge is 0.403 e. The molecular formula is C24H52F6. The zero-order chi connectivity index (χ0) is 25.6. The Labute approximate surface area is 184 Å². The summed E-state index contributed by atoms with van der Waals surface area (Å²) in [5.41, 5.74) is -3.60. The molecule has 0 nitrogen and oxygen atoms in total. The van der Waals surface area contributed by atoms with Crippen molar-refractivity contribution in [3.8, 4) is 0 Å². The number of rotatable bonds is 9. The summed E-state index contributed by atoms with van der Waals surface area (Å²) in [5.74, 6) is -2.88. The normalized spacial score (nSPS) is 13.0. The maximum Gasteiger partial charge on any atom is 0.403 e. The van der Waals surface area contributed by atoms with Crippen molar-refractivity contribution >= 4 is 0 Å². The van der Waals surface area contributed by atoms with Gasteiger partial charge >= 0.3 is 12.4 Å². The molecule has 0 aromatic carbocycles. The van der Waals surface area contributed by atoms with Crippen LogP contribution in [-0.2, 0) is 0 Å². The van der Waals surface area contributed by atoms with Crippen molar-refractivity contribution in [2.75, 3.05) is 0 Å². The maximum atomic E-state index is 13.7. The fourth-order valence-corrected chi connectivity index (χ4v) is 3.53. The van der Waals surface area contributed by atoms with E-state index >= 15 is 0 Å². The van der Waals surface area contributed by atoms with Crippen molar-refractivity contribution < 1.29 is 26.3 Å². The van der Waals surface area contributed by atoms with Crippen LogP contribution in [0, 0.1) is 17.3 Å². The van der Waals surface area contributed by atoms with Gasteiger partial charge in [0.15, 0.2) is 5.41 Å². The average Bonchev–Trinajstić information content (AvgIpc) is 2.73. The molecular weight excluding hydrogens is 402 g/mol. The Morgan fingerprint density at radius 1 is 0.567 bits per heavy atom. The van der Waals surface area contributed by atoms with E-state index in [0.717, 1.165) is 6.92 Å². The van der Waals surface area contributed by atoms with Crippen molar-refractivity contribution in [2.24, 2.45) is 17.3 Å². The fraction of sp³-hybridized carbons (Fsp3) is 1.00. The molecule has 30 heavy (non-hydrogen) atoms. The Morgan fingerprint density at radius 2 is 0.867 bits per heavy atom. The SMILES string of the molecule is CC.CC.CC.CC.CCCCC(C)C(C(CC)CCCC)(C(F)(F)F)C(F)(F)F. The quantitative estimate of drug-likeness (QED) is 0.304. The summed E-state index contributed by atoms with van der Waals surface area (Å²) in [5, 5.41) is 0. The lowest BCUT2D eigenvalue weighted by Gasteiger charge is -2.47. The van der Waals surface area contributed by atoms with Gasteiger partial charge in [-0.25, -0.2) is 0 Å². The van der Waals surface area contributed by atoms with Crippen molar-refractivity contribution in [1.82, 2.24) is 0 Å². The van der Waals surface area contributed by atoms with E-state index in [1.165, 1.54) is 6.92 Å². The molecule has 0 aromatic rings. The van der Waals surface area contributed by atoms with E-state index in [9.17, 15) is 26.3 Å². The second-order valence-electron chi connectivity index (χ2n) is 6.16. The van der Waals surface area contributed by atoms with E-state index in [1.807, 2.05) is 55.4 Å². The van der Waals surface area contributed by atoms with Crippen LogP contribution in [0.1, 0.15) is 128 Å². The van der Waals surface area contributed by atoms with Crippen LogP contribution < -0.4 is 0 Å². The van der Waals surface area contributed by atoms with Gasteiger partial charge in [-0.3, -0.25) is 0 Å². The van der Waals surface area contributed by atoms with Crippen LogP contribution in [-0.4, -0.2) is 12.4 Å². The third-order valence-corrected chi connectivity index (χ3v) is 4.75. The van der Waals surface area contributed by atoms with Gasteiger partial charge in [-0.2, -0.15) is 26.3 Å². The molecule has 2 unspecified atom stereocenters. The topological polar surface area (TPSA) is 0 Å². The van der Waals surface area contributed by atoms with Crippen molar-refractivity contribution in [3.05, 3.63) is 0 Å². The molecule has 0 aliphatic carbocycles. The van der Waals surface area contributed by atoms with Crippen LogP contribution in [0.15, 0.2) is 0 Å². The van der Waals surface area contributed by atoms with E-state index in [1.54, 1.807) is 13.8 Å². The van der Waals surface area contributed by atoms with Gasteiger partial charge in [-0.05, 0) is 24.7 Å².